The first-order chi connectivity index (χ1) is 12.6. The Bertz CT molecular complexity index is 903. The topological polar surface area (TPSA) is 45.5 Å². The summed E-state index contributed by atoms with van der Waals surface area (Å²) in [5.41, 5.74) is 4.19. The Labute approximate surface area is 153 Å². The van der Waals surface area contributed by atoms with Crippen molar-refractivity contribution in [2.24, 2.45) is 0 Å². The Morgan fingerprint density at radius 2 is 1.92 bits per heavy atom. The first kappa shape index (κ1) is 16.5. The molecule has 0 saturated heterocycles. The molecule has 26 heavy (non-hydrogen) atoms. The van der Waals surface area contributed by atoms with E-state index in [1.165, 1.54) is 0 Å². The van der Waals surface area contributed by atoms with Gasteiger partial charge in [0.2, 0.25) is 5.91 Å². The van der Waals surface area contributed by atoms with E-state index in [4.69, 9.17) is 4.42 Å². The standard InChI is InChI=1S/C22H22N2O2/c1-15-13-20(23-18-7-4-3-5-8-18)19-14-17(22-9-6-12-26-22)10-11-21(19)24(15)16(2)25/h3-12,14-15,20,23H,13H2,1-2H3/t15-,20-/m0/s1. The summed E-state index contributed by atoms with van der Waals surface area (Å²) in [5.74, 6) is 0.905. The third-order valence-electron chi connectivity index (χ3n) is 4.94. The summed E-state index contributed by atoms with van der Waals surface area (Å²) in [6.07, 6.45) is 2.53. The van der Waals surface area contributed by atoms with Gasteiger partial charge in [-0.05, 0) is 61.4 Å². The SMILES string of the molecule is CC(=O)N1c2ccc(-c3ccco3)cc2[C@@H](Nc2ccccc2)C[C@@H]1C. The third-order valence-corrected chi connectivity index (χ3v) is 4.94. The second kappa shape index (κ2) is 6.71. The molecule has 1 aliphatic rings. The maximum atomic E-state index is 12.2. The Morgan fingerprint density at radius 3 is 2.62 bits per heavy atom. The minimum absolute atomic E-state index is 0.0719. The largest absolute Gasteiger partial charge is 0.464 e. The molecule has 4 heteroatoms. The summed E-state index contributed by atoms with van der Waals surface area (Å²) in [6, 6.07) is 20.5. The van der Waals surface area contributed by atoms with Crippen LogP contribution in [0, 0.1) is 0 Å². The Kier molecular flexibility index (Phi) is 4.25. The number of rotatable bonds is 3. The zero-order valence-electron chi connectivity index (χ0n) is 15.0. The number of benzene rings is 2. The molecular formula is C22H22N2O2. The van der Waals surface area contributed by atoms with E-state index in [0.29, 0.717) is 0 Å². The van der Waals surface area contributed by atoms with E-state index >= 15 is 0 Å². The molecule has 0 saturated carbocycles. The quantitative estimate of drug-likeness (QED) is 0.705. The highest BCUT2D eigenvalue weighted by molar-refractivity contribution is 5.94. The lowest BCUT2D eigenvalue weighted by molar-refractivity contribution is -0.117. The summed E-state index contributed by atoms with van der Waals surface area (Å²) in [7, 11) is 0. The molecule has 0 aliphatic carbocycles. The predicted octanol–water partition coefficient (Wildman–Crippen LogP) is 5.24. The molecule has 0 bridgehead atoms. The van der Waals surface area contributed by atoms with Crippen LogP contribution in [0.1, 0.15) is 31.9 Å². The van der Waals surface area contributed by atoms with Crippen LogP contribution in [0.25, 0.3) is 11.3 Å². The molecule has 2 aromatic carbocycles. The van der Waals surface area contributed by atoms with Crippen LogP contribution >= 0.6 is 0 Å². The molecule has 0 spiro atoms. The minimum Gasteiger partial charge on any atom is -0.464 e. The lowest BCUT2D eigenvalue weighted by Crippen LogP contribution is -2.43. The van der Waals surface area contributed by atoms with Crippen LogP contribution in [-0.4, -0.2) is 11.9 Å². The maximum Gasteiger partial charge on any atom is 0.224 e. The molecule has 0 radical (unpaired) electrons. The summed E-state index contributed by atoms with van der Waals surface area (Å²) < 4.78 is 5.56. The Balaban J connectivity index is 1.78. The normalized spacial score (nSPS) is 19.1. The van der Waals surface area contributed by atoms with Gasteiger partial charge in [0.15, 0.2) is 0 Å². The van der Waals surface area contributed by atoms with Gasteiger partial charge < -0.3 is 14.6 Å². The van der Waals surface area contributed by atoms with E-state index < -0.39 is 0 Å². The molecule has 1 N–H and O–H groups in total. The number of carbonyl (C=O) groups is 1. The number of hydrogen-bond acceptors (Lipinski definition) is 3. The second-order valence-electron chi connectivity index (χ2n) is 6.79. The van der Waals surface area contributed by atoms with Crippen molar-refractivity contribution in [2.75, 3.05) is 10.2 Å². The van der Waals surface area contributed by atoms with Gasteiger partial charge >= 0.3 is 0 Å². The fourth-order valence-corrected chi connectivity index (χ4v) is 3.81. The molecule has 4 nitrogen and oxygen atoms in total. The van der Waals surface area contributed by atoms with Gasteiger partial charge in [0.25, 0.3) is 0 Å². The first-order valence-electron chi connectivity index (χ1n) is 8.92. The molecule has 4 rings (SSSR count). The molecular weight excluding hydrogens is 324 g/mol. The van der Waals surface area contributed by atoms with Crippen molar-refractivity contribution in [3.8, 4) is 11.3 Å². The number of nitrogens with one attached hydrogen (secondary N) is 1. The number of nitrogens with zero attached hydrogens (tertiary/aromatic N) is 1. The van der Waals surface area contributed by atoms with Gasteiger partial charge in [-0.15, -0.1) is 0 Å². The van der Waals surface area contributed by atoms with Crippen LogP contribution in [0.4, 0.5) is 11.4 Å². The van der Waals surface area contributed by atoms with Gasteiger partial charge in [0.05, 0.1) is 12.3 Å². The summed E-state index contributed by atoms with van der Waals surface area (Å²) >= 11 is 0. The highest BCUT2D eigenvalue weighted by Gasteiger charge is 2.32. The van der Waals surface area contributed by atoms with Crippen LogP contribution in [0.2, 0.25) is 0 Å². The highest BCUT2D eigenvalue weighted by atomic mass is 16.3. The summed E-state index contributed by atoms with van der Waals surface area (Å²) in [5, 5.41) is 3.63. The van der Waals surface area contributed by atoms with Gasteiger partial charge in [0.1, 0.15) is 5.76 Å². The van der Waals surface area contributed by atoms with Crippen LogP contribution in [0.3, 0.4) is 0 Å². The van der Waals surface area contributed by atoms with Crippen LogP contribution in [0.5, 0.6) is 0 Å². The average Bonchev–Trinajstić information content (AvgIpc) is 3.16. The zero-order chi connectivity index (χ0) is 18.1. The number of para-hydroxylation sites is 1. The minimum atomic E-state index is 0.0719. The molecule has 2 atom stereocenters. The molecule has 1 aliphatic heterocycles. The fraction of sp³-hybridized carbons (Fsp3) is 0.227. The molecule has 1 amide bonds. The number of anilines is 2. The Morgan fingerprint density at radius 1 is 1.12 bits per heavy atom. The first-order valence-corrected chi connectivity index (χ1v) is 8.92. The van der Waals surface area contributed by atoms with E-state index in [2.05, 4.69) is 30.4 Å². The average molecular weight is 346 g/mol. The number of fused-ring (bicyclic) bond motifs is 1. The van der Waals surface area contributed by atoms with Crippen LogP contribution in [-0.2, 0) is 4.79 Å². The Hall–Kier alpha value is -3.01. The van der Waals surface area contributed by atoms with Crippen molar-refractivity contribution < 1.29 is 9.21 Å². The van der Waals surface area contributed by atoms with Gasteiger partial charge in [-0.1, -0.05) is 18.2 Å². The maximum absolute atomic E-state index is 12.2. The van der Waals surface area contributed by atoms with E-state index in [1.54, 1.807) is 13.2 Å². The van der Waals surface area contributed by atoms with Crippen molar-refractivity contribution in [1.29, 1.82) is 0 Å². The molecule has 1 aromatic heterocycles. The second-order valence-corrected chi connectivity index (χ2v) is 6.79. The van der Waals surface area contributed by atoms with E-state index in [1.807, 2.05) is 47.4 Å². The monoisotopic (exact) mass is 346 g/mol. The van der Waals surface area contributed by atoms with Crippen molar-refractivity contribution in [2.45, 2.75) is 32.4 Å². The van der Waals surface area contributed by atoms with Gasteiger partial charge in [-0.3, -0.25) is 4.79 Å². The third kappa shape index (κ3) is 2.99. The molecule has 132 valence electrons. The van der Waals surface area contributed by atoms with Crippen molar-refractivity contribution in [3.63, 3.8) is 0 Å². The molecule has 2 heterocycles. The van der Waals surface area contributed by atoms with Crippen LogP contribution < -0.4 is 10.2 Å². The number of carbonyl (C=O) groups excluding carboxylic acids is 1. The molecule has 3 aromatic rings. The van der Waals surface area contributed by atoms with E-state index in [9.17, 15) is 4.79 Å². The van der Waals surface area contributed by atoms with Gasteiger partial charge in [-0.2, -0.15) is 0 Å². The highest BCUT2D eigenvalue weighted by Crippen LogP contribution is 2.41. The molecule has 0 unspecified atom stereocenters. The number of amides is 1. The van der Waals surface area contributed by atoms with Gasteiger partial charge in [0, 0.05) is 29.9 Å². The smallest absolute Gasteiger partial charge is 0.224 e. The fourth-order valence-electron chi connectivity index (χ4n) is 3.81. The van der Waals surface area contributed by atoms with Crippen molar-refractivity contribution in [1.82, 2.24) is 0 Å². The lowest BCUT2D eigenvalue weighted by Gasteiger charge is -2.39. The van der Waals surface area contributed by atoms with E-state index in [-0.39, 0.29) is 18.0 Å². The van der Waals surface area contributed by atoms with Gasteiger partial charge in [-0.25, -0.2) is 0 Å². The van der Waals surface area contributed by atoms with Crippen molar-refractivity contribution >= 4 is 17.3 Å². The molecule has 0 fully saturated rings. The number of hydrogen-bond donors (Lipinski definition) is 1. The van der Waals surface area contributed by atoms with Crippen LogP contribution in [0.15, 0.2) is 71.3 Å². The number of furan rings is 1. The summed E-state index contributed by atoms with van der Waals surface area (Å²) in [6.45, 7) is 3.73. The summed E-state index contributed by atoms with van der Waals surface area (Å²) in [4.78, 5) is 14.1. The lowest BCUT2D eigenvalue weighted by atomic mass is 9.89. The predicted molar refractivity (Wildman–Crippen MR) is 104 cm³/mol. The zero-order valence-corrected chi connectivity index (χ0v) is 15.0. The van der Waals surface area contributed by atoms with Crippen molar-refractivity contribution in [3.05, 3.63) is 72.5 Å². The van der Waals surface area contributed by atoms with E-state index in [0.717, 1.165) is 34.7 Å².